The molecule has 58 heavy (non-hydrogen) atoms. The molecule has 0 unspecified atom stereocenters. The zero-order chi connectivity index (χ0) is 43.2. The van der Waals surface area contributed by atoms with E-state index in [4.69, 9.17) is 24.7 Å². The van der Waals surface area contributed by atoms with Crippen LogP contribution in [0, 0.1) is 5.92 Å². The van der Waals surface area contributed by atoms with Gasteiger partial charge in [-0.2, -0.15) is 0 Å². The molecule has 2 saturated heterocycles. The number of hydrogen-bond acceptors (Lipinski definition) is 10. The summed E-state index contributed by atoms with van der Waals surface area (Å²) in [6, 6.07) is -1.28. The van der Waals surface area contributed by atoms with Crippen LogP contribution >= 0.6 is 0 Å². The molecule has 0 saturated carbocycles. The summed E-state index contributed by atoms with van der Waals surface area (Å²) in [7, 11) is 3.79. The molecule has 0 bridgehead atoms. The Bertz CT molecular complexity index is 1620. The van der Waals surface area contributed by atoms with Gasteiger partial charge in [0.25, 0.3) is 0 Å². The van der Waals surface area contributed by atoms with E-state index < -0.39 is 48.1 Å². The third-order valence-electron chi connectivity index (χ3n) is 10.9. The Balaban J connectivity index is 1.86. The molecule has 6 N–H and O–H groups in total. The van der Waals surface area contributed by atoms with Gasteiger partial charge in [0.15, 0.2) is 12.6 Å². The van der Waals surface area contributed by atoms with Crippen molar-refractivity contribution in [3.05, 3.63) is 107 Å². The van der Waals surface area contributed by atoms with E-state index in [0.29, 0.717) is 18.8 Å². The summed E-state index contributed by atoms with van der Waals surface area (Å²) in [5.41, 5.74) is 7.66. The Labute approximate surface area is 348 Å². The van der Waals surface area contributed by atoms with Crippen molar-refractivity contribution < 1.29 is 39.1 Å². The number of aliphatic hydroxyl groups excluding tert-OH is 1. The maximum atomic E-state index is 13.4. The summed E-state index contributed by atoms with van der Waals surface area (Å²) in [4.78, 5) is 15.3. The Kier molecular flexibility index (Phi) is 19.4. The predicted octanol–water partition coefficient (Wildman–Crippen LogP) is 6.26. The van der Waals surface area contributed by atoms with Crippen LogP contribution in [0.5, 0.6) is 0 Å². The highest BCUT2D eigenvalue weighted by Crippen LogP contribution is 2.34. The molecule has 11 nitrogen and oxygen atoms in total. The molecule has 1 amide bonds. The van der Waals surface area contributed by atoms with Crippen molar-refractivity contribution in [1.29, 1.82) is 0 Å². The number of nitrogens with two attached hydrogens (primary N) is 1. The Morgan fingerprint density at radius 2 is 1.67 bits per heavy atom. The van der Waals surface area contributed by atoms with Crippen LogP contribution in [0.3, 0.4) is 0 Å². The van der Waals surface area contributed by atoms with E-state index in [-0.39, 0.29) is 37.1 Å². The quantitative estimate of drug-likeness (QED) is 0.190. The lowest BCUT2D eigenvalue weighted by molar-refractivity contribution is -0.310. The standard InChI is InChI=1S/C47H73N3O8/c1-12-31(2)27-37-28-34(5)20-14-13-17-26-46(8,53)39(23-16-15-19-32(3)21-18-22-33(4)24-25-35(6)49-44(37)52)58-45-41(48)42(51)38(30-55-45)57-40-29-47(9,54)43(50(10)11)36(7)56-40/h13-24,26,28,31,35-36,38-43,45,51,53-54H,12,25,27,29-30,48H2,1-11H3,(H,49,52)/b14-13+,19-15+,22-18+,23-16-,26-17+,32-21+,33-24+,34-20+,37-28+/t31-,35-,36+,38+,39-,40-,41+,42-,43+,45-,46+,47+/m0/s1. The van der Waals surface area contributed by atoms with Crippen molar-refractivity contribution >= 4 is 5.91 Å². The zero-order valence-electron chi connectivity index (χ0n) is 36.8. The zero-order valence-corrected chi connectivity index (χ0v) is 36.8. The fourth-order valence-electron chi connectivity index (χ4n) is 7.42. The fourth-order valence-corrected chi connectivity index (χ4v) is 7.42. The summed E-state index contributed by atoms with van der Waals surface area (Å²) < 4.78 is 24.6. The second-order valence-corrected chi connectivity index (χ2v) is 17.1. The summed E-state index contributed by atoms with van der Waals surface area (Å²) in [5.74, 6) is 0.302. The van der Waals surface area contributed by atoms with E-state index in [1.807, 2.05) is 102 Å². The van der Waals surface area contributed by atoms with Crippen LogP contribution < -0.4 is 11.1 Å². The molecule has 0 aromatic heterocycles. The average Bonchev–Trinajstić information content (AvgIpc) is 3.12. The third-order valence-corrected chi connectivity index (χ3v) is 10.9. The number of carbonyl (C=O) groups is 1. The topological polar surface area (TPSA) is 156 Å². The fraction of sp³-hybridized carbons (Fsp3) is 0.596. The van der Waals surface area contributed by atoms with Crippen LogP contribution in [-0.2, 0) is 23.7 Å². The van der Waals surface area contributed by atoms with Gasteiger partial charge in [0.1, 0.15) is 23.9 Å². The van der Waals surface area contributed by atoms with Gasteiger partial charge in [0.2, 0.25) is 5.91 Å². The Morgan fingerprint density at radius 3 is 2.34 bits per heavy atom. The first-order valence-electron chi connectivity index (χ1n) is 20.8. The number of allylic oxidation sites excluding steroid dienone is 14. The number of aliphatic hydroxyl groups is 3. The lowest BCUT2D eigenvalue weighted by atomic mass is 9.85. The normalized spacial score (nSPS) is 42.1. The second kappa shape index (κ2) is 23.0. The molecule has 2 fully saturated rings. The number of likely N-dealkylation sites (N-methyl/N-ethyl adjacent to an activating group) is 1. The molecule has 12 atom stereocenters. The first-order valence-corrected chi connectivity index (χ1v) is 20.8. The van der Waals surface area contributed by atoms with Gasteiger partial charge >= 0.3 is 0 Å². The number of hydrogen-bond donors (Lipinski definition) is 5. The van der Waals surface area contributed by atoms with E-state index in [9.17, 15) is 20.1 Å². The SMILES string of the molecule is CC[C@H](C)C\C1=C/C(C)=C/C=C/C=C/[C@@](C)(O)[C@@H](O[C@@H]2OC[C@@H](O[C@H]3C[C@@](C)(O)[C@H](N(C)C)[C@@H](C)O3)[C@H](O)[C@H]2N)\C=C/C=C/C(C)=C/C=C/C(C)=C/C[C@H](C)NC1=O. The molecule has 3 aliphatic heterocycles. The number of nitrogens with zero attached hydrogens (tertiary/aromatic N) is 1. The lowest BCUT2D eigenvalue weighted by Gasteiger charge is -2.48. The first kappa shape index (κ1) is 49.1. The molecule has 0 radical (unpaired) electrons. The van der Waals surface area contributed by atoms with Crippen molar-refractivity contribution in [3.63, 3.8) is 0 Å². The highest BCUT2D eigenvalue weighted by molar-refractivity contribution is 5.94. The maximum absolute atomic E-state index is 13.4. The van der Waals surface area contributed by atoms with Crippen LogP contribution in [0.1, 0.15) is 88.0 Å². The van der Waals surface area contributed by atoms with E-state index >= 15 is 0 Å². The smallest absolute Gasteiger partial charge is 0.247 e. The summed E-state index contributed by atoms with van der Waals surface area (Å²) in [6.07, 6.45) is 23.8. The van der Waals surface area contributed by atoms with Crippen molar-refractivity contribution in [1.82, 2.24) is 10.2 Å². The lowest BCUT2D eigenvalue weighted by Crippen LogP contribution is -2.63. The Hall–Kier alpha value is -3.23. The maximum Gasteiger partial charge on any atom is 0.247 e. The molecule has 3 heterocycles. The second-order valence-electron chi connectivity index (χ2n) is 17.1. The van der Waals surface area contributed by atoms with Crippen LogP contribution in [0.2, 0.25) is 0 Å². The van der Waals surface area contributed by atoms with Crippen LogP contribution in [0.4, 0.5) is 0 Å². The number of carbonyl (C=O) groups excluding carboxylic acids is 1. The predicted molar refractivity (Wildman–Crippen MR) is 232 cm³/mol. The molecule has 3 aliphatic rings. The molecule has 0 aromatic rings. The Morgan fingerprint density at radius 1 is 0.983 bits per heavy atom. The largest absolute Gasteiger partial charge is 0.388 e. The van der Waals surface area contributed by atoms with Gasteiger partial charge in [0, 0.05) is 18.0 Å². The van der Waals surface area contributed by atoms with Gasteiger partial charge in [0.05, 0.1) is 30.4 Å². The third kappa shape index (κ3) is 15.4. The van der Waals surface area contributed by atoms with Gasteiger partial charge in [-0.1, -0.05) is 122 Å². The average molecular weight is 808 g/mol. The molecule has 0 aliphatic carbocycles. The van der Waals surface area contributed by atoms with Gasteiger partial charge < -0.3 is 50.2 Å². The van der Waals surface area contributed by atoms with Crippen molar-refractivity contribution in [2.45, 2.75) is 154 Å². The minimum atomic E-state index is -1.53. The van der Waals surface area contributed by atoms with Gasteiger partial charge in [-0.25, -0.2) is 0 Å². The summed E-state index contributed by atoms with van der Waals surface area (Å²) >= 11 is 0. The highest BCUT2D eigenvalue weighted by atomic mass is 16.7. The molecule has 11 heteroatoms. The molecular formula is C47H73N3O8. The summed E-state index contributed by atoms with van der Waals surface area (Å²) in [5, 5.41) is 37.5. The first-order chi connectivity index (χ1) is 27.2. The minimum absolute atomic E-state index is 0.0261. The number of ether oxygens (including phenoxy) is 4. The monoisotopic (exact) mass is 808 g/mol. The molecule has 0 spiro atoms. The van der Waals surface area contributed by atoms with Gasteiger partial charge in [-0.3, -0.25) is 4.79 Å². The van der Waals surface area contributed by atoms with Crippen LogP contribution in [0.25, 0.3) is 0 Å². The van der Waals surface area contributed by atoms with Crippen molar-refractivity contribution in [2.24, 2.45) is 11.7 Å². The van der Waals surface area contributed by atoms with Crippen molar-refractivity contribution in [2.75, 3.05) is 20.7 Å². The summed E-state index contributed by atoms with van der Waals surface area (Å²) in [6.45, 7) is 17.5. The molecule has 0 aromatic carbocycles. The minimum Gasteiger partial charge on any atom is -0.388 e. The van der Waals surface area contributed by atoms with E-state index in [1.165, 1.54) is 0 Å². The number of nitrogens with one attached hydrogen (secondary N) is 1. The van der Waals surface area contributed by atoms with Crippen molar-refractivity contribution in [3.8, 4) is 0 Å². The number of rotatable bonds is 8. The van der Waals surface area contributed by atoms with Crippen LogP contribution in [-0.4, -0.2) is 113 Å². The van der Waals surface area contributed by atoms with E-state index in [2.05, 4.69) is 25.2 Å². The van der Waals surface area contributed by atoms with E-state index in [0.717, 1.165) is 28.7 Å². The molecule has 324 valence electrons. The van der Waals surface area contributed by atoms with Gasteiger partial charge in [-0.05, 0) is 81.3 Å². The van der Waals surface area contributed by atoms with Gasteiger partial charge in [-0.15, -0.1) is 0 Å². The van der Waals surface area contributed by atoms with E-state index in [1.54, 1.807) is 44.2 Å². The molecule has 3 rings (SSSR count). The molecular weight excluding hydrogens is 735 g/mol. The highest BCUT2D eigenvalue weighted by Gasteiger charge is 2.48. The van der Waals surface area contributed by atoms with Crippen LogP contribution in [0.15, 0.2) is 107 Å². The number of amides is 1.